The lowest BCUT2D eigenvalue weighted by Gasteiger charge is -2.30. The highest BCUT2D eigenvalue weighted by Gasteiger charge is 2.23. The molecule has 4 N–H and O–H groups in total. The molecule has 1 fully saturated rings. The van der Waals surface area contributed by atoms with Crippen LogP contribution in [0, 0.1) is 0 Å². The van der Waals surface area contributed by atoms with E-state index in [0.717, 1.165) is 42.3 Å². The first-order valence-corrected chi connectivity index (χ1v) is 11.0. The summed E-state index contributed by atoms with van der Waals surface area (Å²) < 4.78 is 0. The van der Waals surface area contributed by atoms with Gasteiger partial charge in [0.25, 0.3) is 5.91 Å². The van der Waals surface area contributed by atoms with Gasteiger partial charge in [-0.1, -0.05) is 23.7 Å². The van der Waals surface area contributed by atoms with Gasteiger partial charge >= 0.3 is 0 Å². The number of benzene rings is 2. The van der Waals surface area contributed by atoms with Crippen molar-refractivity contribution in [1.82, 2.24) is 15.6 Å². The van der Waals surface area contributed by atoms with E-state index in [1.165, 1.54) is 12.1 Å². The Morgan fingerprint density at radius 2 is 1.78 bits per heavy atom. The highest BCUT2D eigenvalue weighted by atomic mass is 35.5. The van der Waals surface area contributed by atoms with Crippen LogP contribution in [-0.4, -0.2) is 40.5 Å². The van der Waals surface area contributed by atoms with Crippen LogP contribution in [0.2, 0.25) is 5.02 Å². The standard InChI is InChI=1S/C24H25ClN4O3/c25-15-5-10-18-20(11-12-26-21(18)13-15)28-16-6-8-17(9-7-16)29-23(31)14-27-24(32)19-3-1-2-4-22(19)30/h1-5,10-13,16-17,30H,6-9,14H2,(H,26,28)(H,27,32)(H,29,31). The Balaban J connectivity index is 1.24. The Morgan fingerprint density at radius 3 is 2.56 bits per heavy atom. The van der Waals surface area contributed by atoms with Crippen molar-refractivity contribution in [3.05, 3.63) is 65.3 Å². The van der Waals surface area contributed by atoms with Crippen LogP contribution in [0.15, 0.2) is 54.7 Å². The Kier molecular flexibility index (Phi) is 6.75. The molecule has 2 aromatic carbocycles. The number of phenolic OH excluding ortho intramolecular Hbond substituents is 1. The van der Waals surface area contributed by atoms with E-state index >= 15 is 0 Å². The molecule has 1 aromatic heterocycles. The second-order valence-electron chi connectivity index (χ2n) is 7.98. The number of nitrogens with zero attached hydrogens (tertiary/aromatic N) is 1. The third-order valence-corrected chi connectivity index (χ3v) is 5.95. The molecule has 0 atom stereocenters. The number of nitrogens with one attached hydrogen (secondary N) is 3. The molecule has 0 saturated heterocycles. The van der Waals surface area contributed by atoms with E-state index in [1.807, 2.05) is 24.3 Å². The van der Waals surface area contributed by atoms with E-state index in [2.05, 4.69) is 20.9 Å². The van der Waals surface area contributed by atoms with Gasteiger partial charge in [-0.15, -0.1) is 0 Å². The van der Waals surface area contributed by atoms with Crippen molar-refractivity contribution in [2.45, 2.75) is 37.8 Å². The molecule has 2 amide bonds. The summed E-state index contributed by atoms with van der Waals surface area (Å²) in [6.07, 6.45) is 5.33. The highest BCUT2D eigenvalue weighted by Crippen LogP contribution is 2.28. The number of anilines is 1. The molecule has 3 aromatic rings. The average molecular weight is 453 g/mol. The molecule has 7 nitrogen and oxygen atoms in total. The van der Waals surface area contributed by atoms with Crippen LogP contribution in [-0.2, 0) is 4.79 Å². The molecule has 1 aliphatic carbocycles. The second-order valence-corrected chi connectivity index (χ2v) is 8.42. The summed E-state index contributed by atoms with van der Waals surface area (Å²) in [5, 5.41) is 20.6. The number of aromatic hydroxyl groups is 1. The molecule has 0 unspecified atom stereocenters. The van der Waals surface area contributed by atoms with Gasteiger partial charge in [0.2, 0.25) is 5.91 Å². The monoisotopic (exact) mass is 452 g/mol. The van der Waals surface area contributed by atoms with E-state index in [1.54, 1.807) is 18.3 Å². The molecule has 0 spiro atoms. The number of phenols is 1. The highest BCUT2D eigenvalue weighted by molar-refractivity contribution is 6.31. The van der Waals surface area contributed by atoms with Crippen molar-refractivity contribution in [3.8, 4) is 5.75 Å². The number of hydrogen-bond donors (Lipinski definition) is 4. The number of hydrogen-bond acceptors (Lipinski definition) is 5. The van der Waals surface area contributed by atoms with Crippen molar-refractivity contribution in [2.75, 3.05) is 11.9 Å². The molecule has 8 heteroatoms. The molecular formula is C24H25ClN4O3. The summed E-state index contributed by atoms with van der Waals surface area (Å²) in [7, 11) is 0. The number of pyridine rings is 1. The Bertz CT molecular complexity index is 1130. The summed E-state index contributed by atoms with van der Waals surface area (Å²) in [6, 6.07) is 14.3. The van der Waals surface area contributed by atoms with Gasteiger partial charge in [0, 0.05) is 34.4 Å². The first kappa shape index (κ1) is 21.9. The minimum atomic E-state index is -0.475. The maximum Gasteiger partial charge on any atom is 0.255 e. The van der Waals surface area contributed by atoms with E-state index in [-0.39, 0.29) is 29.8 Å². The predicted octanol–water partition coefficient (Wildman–Crippen LogP) is 3.86. The van der Waals surface area contributed by atoms with Crippen LogP contribution < -0.4 is 16.0 Å². The summed E-state index contributed by atoms with van der Waals surface area (Å²) in [4.78, 5) is 28.8. The molecule has 0 bridgehead atoms. The lowest BCUT2D eigenvalue weighted by Crippen LogP contribution is -2.44. The zero-order valence-electron chi connectivity index (χ0n) is 17.5. The van der Waals surface area contributed by atoms with Crippen LogP contribution in [0.1, 0.15) is 36.0 Å². The van der Waals surface area contributed by atoms with Gasteiger partial charge in [0.05, 0.1) is 17.6 Å². The largest absolute Gasteiger partial charge is 0.507 e. The van der Waals surface area contributed by atoms with Gasteiger partial charge in [-0.05, 0) is 62.1 Å². The van der Waals surface area contributed by atoms with Crippen molar-refractivity contribution >= 4 is 40.0 Å². The van der Waals surface area contributed by atoms with Crippen LogP contribution in [0.3, 0.4) is 0 Å². The minimum Gasteiger partial charge on any atom is -0.507 e. The molecule has 0 aliphatic heterocycles. The zero-order valence-corrected chi connectivity index (χ0v) is 18.2. The Labute approximate surface area is 191 Å². The number of amides is 2. The smallest absolute Gasteiger partial charge is 0.255 e. The first-order chi connectivity index (χ1) is 15.5. The van der Waals surface area contributed by atoms with Crippen LogP contribution in [0.4, 0.5) is 5.69 Å². The fourth-order valence-corrected chi connectivity index (χ4v) is 4.22. The molecule has 1 saturated carbocycles. The zero-order chi connectivity index (χ0) is 22.5. The van der Waals surface area contributed by atoms with E-state index in [4.69, 9.17) is 11.6 Å². The number of para-hydroxylation sites is 1. The van der Waals surface area contributed by atoms with Crippen molar-refractivity contribution in [3.63, 3.8) is 0 Å². The lowest BCUT2D eigenvalue weighted by atomic mass is 9.91. The SMILES string of the molecule is O=C(CNC(=O)c1ccccc1O)NC1CCC(Nc2ccnc3cc(Cl)ccc23)CC1. The molecule has 1 aliphatic rings. The van der Waals surface area contributed by atoms with Crippen molar-refractivity contribution in [1.29, 1.82) is 0 Å². The quantitative estimate of drug-likeness (QED) is 0.454. The van der Waals surface area contributed by atoms with Gasteiger partial charge < -0.3 is 21.1 Å². The third-order valence-electron chi connectivity index (χ3n) is 5.71. The topological polar surface area (TPSA) is 103 Å². The average Bonchev–Trinajstić information content (AvgIpc) is 2.79. The minimum absolute atomic E-state index is 0.0792. The van der Waals surface area contributed by atoms with Gasteiger partial charge in [0.1, 0.15) is 5.75 Å². The number of fused-ring (bicyclic) bond motifs is 1. The fourth-order valence-electron chi connectivity index (χ4n) is 4.05. The summed E-state index contributed by atoms with van der Waals surface area (Å²) >= 11 is 6.07. The Hall–Kier alpha value is -3.32. The third kappa shape index (κ3) is 5.29. The van der Waals surface area contributed by atoms with E-state index in [9.17, 15) is 14.7 Å². The van der Waals surface area contributed by atoms with E-state index < -0.39 is 5.91 Å². The Morgan fingerprint density at radius 1 is 1.03 bits per heavy atom. The number of rotatable bonds is 6. The van der Waals surface area contributed by atoms with Crippen molar-refractivity contribution in [2.24, 2.45) is 0 Å². The number of carbonyl (C=O) groups excluding carboxylic acids is 2. The molecule has 0 radical (unpaired) electrons. The van der Waals surface area contributed by atoms with E-state index in [0.29, 0.717) is 11.1 Å². The van der Waals surface area contributed by atoms with Crippen molar-refractivity contribution < 1.29 is 14.7 Å². The normalized spacial score (nSPS) is 18.2. The van der Waals surface area contributed by atoms with Gasteiger partial charge in [0.15, 0.2) is 0 Å². The van der Waals surface area contributed by atoms with Crippen LogP contribution in [0.5, 0.6) is 5.75 Å². The molecular weight excluding hydrogens is 428 g/mol. The molecule has 4 rings (SSSR count). The number of carbonyl (C=O) groups is 2. The number of aromatic nitrogens is 1. The lowest BCUT2D eigenvalue weighted by molar-refractivity contribution is -0.121. The molecule has 1 heterocycles. The van der Waals surface area contributed by atoms with Gasteiger partial charge in [-0.25, -0.2) is 0 Å². The fraction of sp³-hybridized carbons (Fsp3) is 0.292. The summed E-state index contributed by atoms with van der Waals surface area (Å²) in [6.45, 7) is -0.128. The second kappa shape index (κ2) is 9.87. The predicted molar refractivity (Wildman–Crippen MR) is 125 cm³/mol. The summed E-state index contributed by atoms with van der Waals surface area (Å²) in [5.41, 5.74) is 2.04. The van der Waals surface area contributed by atoms with Gasteiger partial charge in [-0.2, -0.15) is 0 Å². The van der Waals surface area contributed by atoms with Gasteiger partial charge in [-0.3, -0.25) is 14.6 Å². The first-order valence-electron chi connectivity index (χ1n) is 10.7. The molecule has 32 heavy (non-hydrogen) atoms. The summed E-state index contributed by atoms with van der Waals surface area (Å²) in [5.74, 6) is -0.819. The molecule has 166 valence electrons. The van der Waals surface area contributed by atoms with Crippen LogP contribution in [0.25, 0.3) is 10.9 Å². The maximum atomic E-state index is 12.3. The maximum absolute atomic E-state index is 12.3. The van der Waals surface area contributed by atoms with Crippen LogP contribution >= 0.6 is 11.6 Å². The number of halogens is 1.